The van der Waals surface area contributed by atoms with E-state index in [1.807, 2.05) is 13.8 Å². The fourth-order valence-electron chi connectivity index (χ4n) is 2.42. The van der Waals surface area contributed by atoms with Crippen LogP contribution in [-0.4, -0.2) is 0 Å². The molecule has 0 spiro atoms. The van der Waals surface area contributed by atoms with Crippen molar-refractivity contribution < 1.29 is 0 Å². The molecule has 0 saturated heterocycles. The smallest absolute Gasteiger partial charge is 0.0216 e. The number of rotatable bonds is 7. The minimum Gasteiger partial charge on any atom is -0.0820 e. The van der Waals surface area contributed by atoms with Gasteiger partial charge in [-0.05, 0) is 41.2 Å². The maximum absolute atomic E-state index is 2.27. The van der Waals surface area contributed by atoms with E-state index >= 15 is 0 Å². The molecule has 0 nitrogen and oxygen atoms in total. The Morgan fingerprint density at radius 1 is 0.667 bits per heavy atom. The molecule has 0 aliphatic carbocycles. The minimum atomic E-state index is 0.642. The predicted molar refractivity (Wildman–Crippen MR) is 128 cm³/mol. The highest BCUT2D eigenvalue weighted by Gasteiger charge is 2.06. The Morgan fingerprint density at radius 3 is 1.48 bits per heavy atom. The van der Waals surface area contributed by atoms with E-state index < -0.39 is 0 Å². The van der Waals surface area contributed by atoms with Gasteiger partial charge in [0.2, 0.25) is 0 Å². The lowest BCUT2D eigenvalue weighted by Crippen LogP contribution is -2.00. The highest BCUT2D eigenvalue weighted by atomic mass is 14.1. The summed E-state index contributed by atoms with van der Waals surface area (Å²) in [6, 6.07) is 8.79. The molecule has 0 heteroatoms. The van der Waals surface area contributed by atoms with Gasteiger partial charge in [-0.3, -0.25) is 0 Å². The molecule has 27 heavy (non-hydrogen) atoms. The standard InChI is InChI=1S/C13H20.C12H20.C2H6/c1-10(2)9-12-7-5-6-8-13(12)11(3)4;1-11(2)9-7-5-6-8-10-12(3)4;1-2/h5-8,10-11H,9H2,1-4H3;5-12H,1-4H3;1-2H3/b;6-5+,9-7+,10-8+;. The molecule has 0 aliphatic rings. The largest absolute Gasteiger partial charge is 0.0820 e. The van der Waals surface area contributed by atoms with Crippen LogP contribution in [0, 0.1) is 17.8 Å². The van der Waals surface area contributed by atoms with E-state index in [4.69, 9.17) is 0 Å². The fourth-order valence-corrected chi connectivity index (χ4v) is 2.42. The van der Waals surface area contributed by atoms with Crippen LogP contribution in [0.4, 0.5) is 0 Å². The Hall–Kier alpha value is -1.56. The van der Waals surface area contributed by atoms with E-state index in [-0.39, 0.29) is 0 Å². The second-order valence-electron chi connectivity index (χ2n) is 8.09. The zero-order valence-electron chi connectivity index (χ0n) is 19.8. The third kappa shape index (κ3) is 17.6. The second kappa shape index (κ2) is 17.8. The summed E-state index contributed by atoms with van der Waals surface area (Å²) in [5, 5.41) is 0. The van der Waals surface area contributed by atoms with Crippen molar-refractivity contribution in [2.45, 2.75) is 81.6 Å². The number of allylic oxidation sites excluding steroid dienone is 6. The van der Waals surface area contributed by atoms with Gasteiger partial charge >= 0.3 is 0 Å². The third-order valence-electron chi connectivity index (χ3n) is 3.63. The van der Waals surface area contributed by atoms with Crippen LogP contribution in [-0.2, 0) is 6.42 Å². The SMILES string of the molecule is CC.CC(C)/C=C/C=C/C=C/C(C)C.CC(C)Cc1ccccc1C(C)C. The highest BCUT2D eigenvalue weighted by Crippen LogP contribution is 2.21. The highest BCUT2D eigenvalue weighted by molar-refractivity contribution is 5.29. The van der Waals surface area contributed by atoms with Crippen molar-refractivity contribution in [2.24, 2.45) is 17.8 Å². The summed E-state index contributed by atoms with van der Waals surface area (Å²) in [6.07, 6.45) is 13.9. The van der Waals surface area contributed by atoms with Gasteiger partial charge in [-0.15, -0.1) is 0 Å². The molecule has 0 saturated carbocycles. The lowest BCUT2D eigenvalue weighted by molar-refractivity contribution is 0.638. The van der Waals surface area contributed by atoms with Crippen molar-refractivity contribution in [3.63, 3.8) is 0 Å². The van der Waals surface area contributed by atoms with E-state index in [1.165, 1.54) is 17.5 Å². The molecule has 0 bridgehead atoms. The molecule has 0 radical (unpaired) electrons. The molecule has 0 unspecified atom stereocenters. The summed E-state index contributed by atoms with van der Waals surface area (Å²) in [6.45, 7) is 21.8. The van der Waals surface area contributed by atoms with Crippen LogP contribution in [0.2, 0.25) is 0 Å². The first kappa shape index (κ1) is 27.7. The Balaban J connectivity index is 0. The van der Waals surface area contributed by atoms with Crippen LogP contribution in [0.1, 0.15) is 86.3 Å². The van der Waals surface area contributed by atoms with Crippen LogP contribution in [0.3, 0.4) is 0 Å². The van der Waals surface area contributed by atoms with Crippen molar-refractivity contribution in [3.8, 4) is 0 Å². The van der Waals surface area contributed by atoms with Crippen molar-refractivity contribution in [3.05, 3.63) is 71.8 Å². The van der Waals surface area contributed by atoms with Gasteiger partial charge in [-0.2, -0.15) is 0 Å². The zero-order chi connectivity index (χ0) is 21.2. The van der Waals surface area contributed by atoms with Gasteiger partial charge in [0.25, 0.3) is 0 Å². The van der Waals surface area contributed by atoms with Crippen LogP contribution in [0.25, 0.3) is 0 Å². The van der Waals surface area contributed by atoms with Gasteiger partial charge in [-0.25, -0.2) is 0 Å². The summed E-state index contributed by atoms with van der Waals surface area (Å²) < 4.78 is 0. The van der Waals surface area contributed by atoms with E-state index in [0.29, 0.717) is 17.8 Å². The zero-order valence-corrected chi connectivity index (χ0v) is 19.8. The molecule has 0 aromatic heterocycles. The number of hydrogen-bond donors (Lipinski definition) is 0. The Kier molecular flexibility index (Phi) is 18.3. The second-order valence-corrected chi connectivity index (χ2v) is 8.09. The first-order valence-electron chi connectivity index (χ1n) is 10.8. The van der Waals surface area contributed by atoms with Crippen molar-refractivity contribution >= 4 is 0 Å². The monoisotopic (exact) mass is 370 g/mol. The topological polar surface area (TPSA) is 0 Å². The van der Waals surface area contributed by atoms with E-state index in [9.17, 15) is 0 Å². The van der Waals surface area contributed by atoms with Crippen molar-refractivity contribution in [1.82, 2.24) is 0 Å². The first-order chi connectivity index (χ1) is 12.7. The molecule has 154 valence electrons. The van der Waals surface area contributed by atoms with E-state index in [2.05, 4.69) is 116 Å². The fraction of sp³-hybridized carbons (Fsp3) is 0.556. The van der Waals surface area contributed by atoms with Crippen LogP contribution >= 0.6 is 0 Å². The Labute approximate surface area is 171 Å². The Bertz CT molecular complexity index is 505. The molecular formula is C27H46. The Morgan fingerprint density at radius 2 is 1.11 bits per heavy atom. The molecule has 1 rings (SSSR count). The average molecular weight is 371 g/mol. The quantitative estimate of drug-likeness (QED) is 0.420. The first-order valence-corrected chi connectivity index (χ1v) is 10.8. The molecule has 0 aliphatic heterocycles. The molecule has 1 aromatic rings. The summed E-state index contributed by atoms with van der Waals surface area (Å²) in [5.41, 5.74) is 3.03. The lowest BCUT2D eigenvalue weighted by atomic mass is 9.92. The molecule has 0 atom stereocenters. The molecule has 1 aromatic carbocycles. The molecular weight excluding hydrogens is 324 g/mol. The van der Waals surface area contributed by atoms with Gasteiger partial charge in [-0.1, -0.05) is 130 Å². The van der Waals surface area contributed by atoms with Gasteiger partial charge in [0.15, 0.2) is 0 Å². The van der Waals surface area contributed by atoms with Crippen LogP contribution < -0.4 is 0 Å². The van der Waals surface area contributed by atoms with Gasteiger partial charge in [0, 0.05) is 0 Å². The summed E-state index contributed by atoms with van der Waals surface area (Å²) >= 11 is 0. The predicted octanol–water partition coefficient (Wildman–Crippen LogP) is 9.00. The normalized spacial score (nSPS) is 11.6. The summed E-state index contributed by atoms with van der Waals surface area (Å²) in [4.78, 5) is 0. The van der Waals surface area contributed by atoms with Crippen LogP contribution in [0.5, 0.6) is 0 Å². The number of hydrogen-bond acceptors (Lipinski definition) is 0. The molecule has 0 N–H and O–H groups in total. The maximum atomic E-state index is 2.27. The molecule has 0 heterocycles. The van der Waals surface area contributed by atoms with Crippen molar-refractivity contribution in [2.75, 3.05) is 0 Å². The van der Waals surface area contributed by atoms with E-state index in [1.54, 1.807) is 0 Å². The molecule has 0 fully saturated rings. The number of benzene rings is 1. The van der Waals surface area contributed by atoms with E-state index in [0.717, 1.165) is 5.92 Å². The minimum absolute atomic E-state index is 0.642. The summed E-state index contributed by atoms with van der Waals surface area (Å²) in [5.74, 6) is 2.68. The van der Waals surface area contributed by atoms with Crippen LogP contribution in [0.15, 0.2) is 60.7 Å². The van der Waals surface area contributed by atoms with Crippen molar-refractivity contribution in [1.29, 1.82) is 0 Å². The van der Waals surface area contributed by atoms with Gasteiger partial charge < -0.3 is 0 Å². The lowest BCUT2D eigenvalue weighted by Gasteiger charge is -2.13. The average Bonchev–Trinajstić information content (AvgIpc) is 2.59. The summed E-state index contributed by atoms with van der Waals surface area (Å²) in [7, 11) is 0. The third-order valence-corrected chi connectivity index (χ3v) is 3.63. The van der Waals surface area contributed by atoms with Gasteiger partial charge in [0.1, 0.15) is 0 Å². The molecule has 0 amide bonds. The maximum Gasteiger partial charge on any atom is -0.0216 e. The van der Waals surface area contributed by atoms with Gasteiger partial charge in [0.05, 0.1) is 0 Å².